The molecule has 90 valence electrons. The third-order valence-electron chi connectivity index (χ3n) is 4.19. The topological polar surface area (TPSA) is 26.3 Å². The first kappa shape index (κ1) is 10.8. The summed E-state index contributed by atoms with van der Waals surface area (Å²) in [6.45, 7) is 4.26. The van der Waals surface area contributed by atoms with Crippen LogP contribution < -0.4 is 4.74 Å². The van der Waals surface area contributed by atoms with Crippen molar-refractivity contribution in [3.05, 3.63) is 29.3 Å². The Morgan fingerprint density at radius 1 is 1.24 bits per heavy atom. The molecule has 1 saturated carbocycles. The predicted octanol–water partition coefficient (Wildman–Crippen LogP) is 3.43. The highest BCUT2D eigenvalue weighted by Crippen LogP contribution is 2.47. The van der Waals surface area contributed by atoms with Crippen LogP contribution >= 0.6 is 0 Å². The molecule has 2 nitrogen and oxygen atoms in total. The van der Waals surface area contributed by atoms with Crippen molar-refractivity contribution in [1.29, 1.82) is 0 Å². The summed E-state index contributed by atoms with van der Waals surface area (Å²) in [6.07, 6.45) is 3.33. The van der Waals surface area contributed by atoms with Crippen LogP contribution in [0.3, 0.4) is 0 Å². The summed E-state index contributed by atoms with van der Waals surface area (Å²) in [5.74, 6) is 1.92. The molecule has 0 spiro atoms. The Bertz CT molecular complexity index is 464. The Balaban J connectivity index is 2.02. The van der Waals surface area contributed by atoms with E-state index in [4.69, 9.17) is 4.74 Å². The fourth-order valence-electron chi connectivity index (χ4n) is 3.23. The van der Waals surface area contributed by atoms with E-state index in [9.17, 15) is 4.79 Å². The second kappa shape index (κ2) is 3.86. The van der Waals surface area contributed by atoms with Crippen molar-refractivity contribution in [3.63, 3.8) is 0 Å². The molecule has 1 fully saturated rings. The monoisotopic (exact) mass is 230 g/mol. The van der Waals surface area contributed by atoms with Gasteiger partial charge in [-0.2, -0.15) is 0 Å². The largest absolute Gasteiger partial charge is 0.426 e. The molecule has 0 amide bonds. The van der Waals surface area contributed by atoms with Gasteiger partial charge >= 0.3 is 5.97 Å². The molecule has 0 saturated heterocycles. The number of fused-ring (bicyclic) bond motifs is 3. The molecule has 0 N–H and O–H groups in total. The van der Waals surface area contributed by atoms with Crippen molar-refractivity contribution in [2.45, 2.75) is 39.0 Å². The molecule has 1 heterocycles. The summed E-state index contributed by atoms with van der Waals surface area (Å²) in [6, 6.07) is 6.25. The van der Waals surface area contributed by atoms with E-state index in [2.05, 4.69) is 19.1 Å². The van der Waals surface area contributed by atoms with Gasteiger partial charge in [0.25, 0.3) is 0 Å². The van der Waals surface area contributed by atoms with Crippen LogP contribution in [-0.2, 0) is 4.79 Å². The molecule has 1 aliphatic heterocycles. The number of benzene rings is 1. The van der Waals surface area contributed by atoms with Crippen LogP contribution in [0.2, 0.25) is 0 Å². The molecule has 0 bridgehead atoms. The number of hydrogen-bond donors (Lipinski definition) is 0. The summed E-state index contributed by atoms with van der Waals surface area (Å²) in [5, 5.41) is 0. The van der Waals surface area contributed by atoms with Gasteiger partial charge in [0, 0.05) is 5.92 Å². The number of hydrogen-bond acceptors (Lipinski definition) is 2. The number of rotatable bonds is 0. The summed E-state index contributed by atoms with van der Waals surface area (Å²) in [5.41, 5.74) is 2.39. The van der Waals surface area contributed by atoms with Gasteiger partial charge in [-0.1, -0.05) is 25.5 Å². The van der Waals surface area contributed by atoms with Crippen LogP contribution in [0.15, 0.2) is 18.2 Å². The second-order valence-corrected chi connectivity index (χ2v) is 5.59. The first-order valence-corrected chi connectivity index (χ1v) is 6.47. The number of esters is 1. The van der Waals surface area contributed by atoms with Crippen molar-refractivity contribution < 1.29 is 9.53 Å². The van der Waals surface area contributed by atoms with Crippen LogP contribution in [0.5, 0.6) is 5.75 Å². The van der Waals surface area contributed by atoms with Gasteiger partial charge in [0.2, 0.25) is 0 Å². The average Bonchev–Trinajstić information content (AvgIpc) is 2.29. The fraction of sp³-hybridized carbons (Fsp3) is 0.533. The lowest BCUT2D eigenvalue weighted by Crippen LogP contribution is -2.35. The number of aryl methyl sites for hydroxylation is 1. The van der Waals surface area contributed by atoms with E-state index in [0.29, 0.717) is 11.8 Å². The van der Waals surface area contributed by atoms with Crippen LogP contribution in [0.25, 0.3) is 0 Å². The van der Waals surface area contributed by atoms with Gasteiger partial charge < -0.3 is 4.74 Å². The van der Waals surface area contributed by atoms with Gasteiger partial charge in [0.05, 0.1) is 5.92 Å². The van der Waals surface area contributed by atoms with E-state index in [0.717, 1.165) is 24.2 Å². The number of ether oxygens (including phenoxy) is 1. The molecule has 17 heavy (non-hydrogen) atoms. The van der Waals surface area contributed by atoms with Gasteiger partial charge in [-0.05, 0) is 42.9 Å². The third kappa shape index (κ3) is 1.76. The maximum atomic E-state index is 12.0. The molecule has 0 radical (unpaired) electrons. The zero-order chi connectivity index (χ0) is 12.0. The molecular formula is C15H18O2. The molecule has 1 aromatic rings. The van der Waals surface area contributed by atoms with Gasteiger partial charge in [0.1, 0.15) is 5.75 Å². The number of carbonyl (C=O) groups is 1. The summed E-state index contributed by atoms with van der Waals surface area (Å²) in [7, 11) is 0. The first-order chi connectivity index (χ1) is 8.15. The minimum atomic E-state index is -0.0142. The summed E-state index contributed by atoms with van der Waals surface area (Å²) >= 11 is 0. The highest BCUT2D eigenvalue weighted by Gasteiger charge is 2.40. The minimum absolute atomic E-state index is 0.0142. The normalized spacial score (nSPS) is 31.4. The van der Waals surface area contributed by atoms with Gasteiger partial charge in [-0.25, -0.2) is 0 Å². The average molecular weight is 230 g/mol. The predicted molar refractivity (Wildman–Crippen MR) is 66.1 cm³/mol. The lowest BCUT2D eigenvalue weighted by Gasteiger charge is -2.37. The molecule has 3 rings (SSSR count). The van der Waals surface area contributed by atoms with Crippen molar-refractivity contribution in [1.82, 2.24) is 0 Å². The first-order valence-electron chi connectivity index (χ1n) is 6.47. The van der Waals surface area contributed by atoms with E-state index < -0.39 is 0 Å². The zero-order valence-corrected chi connectivity index (χ0v) is 10.4. The van der Waals surface area contributed by atoms with Crippen molar-refractivity contribution in [3.8, 4) is 5.75 Å². The lowest BCUT2D eigenvalue weighted by molar-refractivity contribution is -0.143. The van der Waals surface area contributed by atoms with E-state index in [-0.39, 0.29) is 11.9 Å². The van der Waals surface area contributed by atoms with Crippen LogP contribution in [0.1, 0.15) is 43.2 Å². The molecule has 2 heteroatoms. The van der Waals surface area contributed by atoms with E-state index >= 15 is 0 Å². The smallest absolute Gasteiger partial charge is 0.314 e. The van der Waals surface area contributed by atoms with Gasteiger partial charge in [-0.3, -0.25) is 4.79 Å². The van der Waals surface area contributed by atoms with Crippen LogP contribution in [0, 0.1) is 18.8 Å². The molecule has 3 atom stereocenters. The summed E-state index contributed by atoms with van der Waals surface area (Å²) in [4.78, 5) is 12.0. The molecular weight excluding hydrogens is 212 g/mol. The number of carbonyl (C=O) groups excluding carboxylic acids is 1. The highest BCUT2D eigenvalue weighted by molar-refractivity contribution is 5.79. The Kier molecular flexibility index (Phi) is 2.46. The third-order valence-corrected chi connectivity index (χ3v) is 4.19. The van der Waals surface area contributed by atoms with E-state index in [1.165, 1.54) is 12.0 Å². The Morgan fingerprint density at radius 2 is 2.06 bits per heavy atom. The standard InChI is InChI=1S/C15H18O2/c1-9-3-5-11-12-6-4-10(2)8-14(12)17-15(16)13(11)7-9/h4,6,8-9,11,13H,3,5,7H2,1-2H3. The van der Waals surface area contributed by atoms with Gasteiger partial charge in [-0.15, -0.1) is 0 Å². The molecule has 0 aromatic heterocycles. The maximum absolute atomic E-state index is 12.0. The fourth-order valence-corrected chi connectivity index (χ4v) is 3.23. The molecule has 3 unspecified atom stereocenters. The molecule has 1 aromatic carbocycles. The Morgan fingerprint density at radius 3 is 2.88 bits per heavy atom. The van der Waals surface area contributed by atoms with Crippen molar-refractivity contribution >= 4 is 5.97 Å². The Labute approximate surface area is 102 Å². The second-order valence-electron chi connectivity index (χ2n) is 5.59. The zero-order valence-electron chi connectivity index (χ0n) is 10.4. The highest BCUT2D eigenvalue weighted by atomic mass is 16.5. The van der Waals surface area contributed by atoms with E-state index in [1.807, 2.05) is 13.0 Å². The molecule has 1 aliphatic carbocycles. The lowest BCUT2D eigenvalue weighted by atomic mass is 9.70. The quantitative estimate of drug-likeness (QED) is 0.504. The van der Waals surface area contributed by atoms with Crippen LogP contribution in [0.4, 0.5) is 0 Å². The van der Waals surface area contributed by atoms with Crippen molar-refractivity contribution in [2.75, 3.05) is 0 Å². The molecule has 2 aliphatic rings. The summed E-state index contributed by atoms with van der Waals surface area (Å²) < 4.78 is 5.49. The van der Waals surface area contributed by atoms with Crippen LogP contribution in [-0.4, -0.2) is 5.97 Å². The van der Waals surface area contributed by atoms with E-state index in [1.54, 1.807) is 0 Å². The SMILES string of the molecule is Cc1ccc2c(c1)OC(=O)C1CC(C)CCC21. The minimum Gasteiger partial charge on any atom is -0.426 e. The van der Waals surface area contributed by atoms with Gasteiger partial charge in [0.15, 0.2) is 0 Å². The van der Waals surface area contributed by atoms with Crippen molar-refractivity contribution in [2.24, 2.45) is 11.8 Å². The Hall–Kier alpha value is -1.31. The maximum Gasteiger partial charge on any atom is 0.314 e.